The van der Waals surface area contributed by atoms with Gasteiger partial charge in [0.2, 0.25) is 0 Å². The van der Waals surface area contributed by atoms with E-state index in [2.05, 4.69) is 144 Å². The SMILES string of the molecule is c1ccc(-c2nc(-c3cccc(-n4c5ccccc5c5cc6c7c(cccc7c54)-c4ccccc4-6)c3)nc3ccccc23)cc1. The van der Waals surface area contributed by atoms with E-state index in [1.807, 2.05) is 12.1 Å². The molecule has 0 saturated carbocycles. The monoisotopic (exact) mass is 571 g/mol. The number of nitrogens with zero attached hydrogens (tertiary/aromatic N) is 3. The lowest BCUT2D eigenvalue weighted by Gasteiger charge is -2.13. The summed E-state index contributed by atoms with van der Waals surface area (Å²) >= 11 is 0. The van der Waals surface area contributed by atoms with E-state index >= 15 is 0 Å². The van der Waals surface area contributed by atoms with Crippen molar-refractivity contribution in [2.45, 2.75) is 0 Å². The molecule has 0 bridgehead atoms. The summed E-state index contributed by atoms with van der Waals surface area (Å²) in [6, 6.07) is 54.1. The molecule has 208 valence electrons. The van der Waals surface area contributed by atoms with Crippen LogP contribution in [0.1, 0.15) is 0 Å². The predicted molar refractivity (Wildman–Crippen MR) is 187 cm³/mol. The Morgan fingerprint density at radius 1 is 0.422 bits per heavy atom. The Hall–Kier alpha value is -6.06. The van der Waals surface area contributed by atoms with E-state index in [1.54, 1.807) is 0 Å². The first-order valence-corrected chi connectivity index (χ1v) is 15.4. The molecular weight excluding hydrogens is 546 g/mol. The summed E-state index contributed by atoms with van der Waals surface area (Å²) in [6.45, 7) is 0. The summed E-state index contributed by atoms with van der Waals surface area (Å²) in [7, 11) is 0. The van der Waals surface area contributed by atoms with Crippen LogP contribution in [0.4, 0.5) is 0 Å². The zero-order valence-corrected chi connectivity index (χ0v) is 24.3. The summed E-state index contributed by atoms with van der Waals surface area (Å²) in [4.78, 5) is 10.2. The van der Waals surface area contributed by atoms with Crippen LogP contribution in [0.2, 0.25) is 0 Å². The molecule has 0 N–H and O–H groups in total. The number of hydrogen-bond donors (Lipinski definition) is 0. The molecule has 0 spiro atoms. The van der Waals surface area contributed by atoms with Gasteiger partial charge in [-0.15, -0.1) is 0 Å². The Morgan fingerprint density at radius 2 is 1.09 bits per heavy atom. The van der Waals surface area contributed by atoms with Crippen molar-refractivity contribution in [3.8, 4) is 50.6 Å². The fraction of sp³-hybridized carbons (Fsp3) is 0. The topological polar surface area (TPSA) is 30.7 Å². The summed E-state index contributed by atoms with van der Waals surface area (Å²) < 4.78 is 2.43. The van der Waals surface area contributed by atoms with Gasteiger partial charge in [0.15, 0.2) is 5.82 Å². The minimum atomic E-state index is 0.720. The second-order valence-corrected chi connectivity index (χ2v) is 11.8. The molecule has 9 aromatic rings. The third-order valence-electron chi connectivity index (χ3n) is 9.31. The van der Waals surface area contributed by atoms with Gasteiger partial charge >= 0.3 is 0 Å². The Labute approximate surface area is 259 Å². The van der Waals surface area contributed by atoms with Gasteiger partial charge in [-0.1, -0.05) is 121 Å². The highest BCUT2D eigenvalue weighted by molar-refractivity contribution is 6.27. The number of rotatable bonds is 3. The molecule has 10 rings (SSSR count). The lowest BCUT2D eigenvalue weighted by atomic mass is 9.99. The van der Waals surface area contributed by atoms with Gasteiger partial charge in [0.05, 0.1) is 22.2 Å². The number of benzene rings is 7. The van der Waals surface area contributed by atoms with E-state index in [0.29, 0.717) is 0 Å². The molecule has 0 amide bonds. The normalized spacial score (nSPS) is 12.0. The molecular formula is C42H25N3. The van der Waals surface area contributed by atoms with Gasteiger partial charge < -0.3 is 4.57 Å². The molecule has 7 aromatic carbocycles. The highest BCUT2D eigenvalue weighted by atomic mass is 15.0. The Kier molecular flexibility index (Phi) is 5.00. The largest absolute Gasteiger partial charge is 0.309 e. The second-order valence-electron chi connectivity index (χ2n) is 11.8. The molecule has 45 heavy (non-hydrogen) atoms. The van der Waals surface area contributed by atoms with Gasteiger partial charge in [-0.25, -0.2) is 9.97 Å². The predicted octanol–water partition coefficient (Wildman–Crippen LogP) is 10.9. The Balaban J connectivity index is 1.25. The van der Waals surface area contributed by atoms with Crippen LogP contribution in [0.25, 0.3) is 94.1 Å². The molecule has 0 radical (unpaired) electrons. The van der Waals surface area contributed by atoms with Gasteiger partial charge in [-0.05, 0) is 58.0 Å². The zero-order chi connectivity index (χ0) is 29.5. The van der Waals surface area contributed by atoms with Crippen LogP contribution >= 0.6 is 0 Å². The minimum absolute atomic E-state index is 0.720. The van der Waals surface area contributed by atoms with Crippen molar-refractivity contribution >= 4 is 43.5 Å². The zero-order valence-electron chi connectivity index (χ0n) is 24.3. The highest BCUT2D eigenvalue weighted by Crippen LogP contribution is 2.51. The number of aromatic nitrogens is 3. The average molecular weight is 572 g/mol. The summed E-state index contributed by atoms with van der Waals surface area (Å²) in [6.07, 6.45) is 0. The molecule has 3 nitrogen and oxygen atoms in total. The Bertz CT molecular complexity index is 2650. The van der Waals surface area contributed by atoms with Crippen LogP contribution < -0.4 is 0 Å². The molecule has 3 heteroatoms. The molecule has 0 fully saturated rings. The minimum Gasteiger partial charge on any atom is -0.309 e. The first-order valence-electron chi connectivity index (χ1n) is 15.4. The number of hydrogen-bond acceptors (Lipinski definition) is 2. The van der Waals surface area contributed by atoms with E-state index in [9.17, 15) is 0 Å². The van der Waals surface area contributed by atoms with Crippen LogP contribution in [0, 0.1) is 0 Å². The summed E-state index contributed by atoms with van der Waals surface area (Å²) in [5.41, 5.74) is 12.7. The third-order valence-corrected chi connectivity index (χ3v) is 9.31. The summed E-state index contributed by atoms with van der Waals surface area (Å²) in [5.74, 6) is 0.720. The quantitative estimate of drug-likeness (QED) is 0.211. The standard InChI is InChI=1S/C42H25N3/c1-2-12-26(13-3-1)40-33-19-6-8-22-37(33)43-42(44-40)27-14-10-15-28(24-27)45-38-23-9-7-18-31(38)36-25-35-30-17-5-4-16-29(30)32-20-11-21-34(39(32)35)41(36)45/h1-25H. The molecule has 2 aromatic heterocycles. The molecule has 1 aliphatic rings. The van der Waals surface area contributed by atoms with Gasteiger partial charge in [-0.2, -0.15) is 0 Å². The molecule has 0 unspecified atom stereocenters. The van der Waals surface area contributed by atoms with E-state index in [0.717, 1.165) is 39.2 Å². The van der Waals surface area contributed by atoms with Crippen molar-refractivity contribution in [3.63, 3.8) is 0 Å². The molecule has 0 aliphatic heterocycles. The van der Waals surface area contributed by atoms with E-state index in [1.165, 1.54) is 54.8 Å². The van der Waals surface area contributed by atoms with Gasteiger partial charge in [-0.3, -0.25) is 0 Å². The van der Waals surface area contributed by atoms with Crippen LogP contribution in [0.5, 0.6) is 0 Å². The third kappa shape index (κ3) is 3.46. The van der Waals surface area contributed by atoms with Crippen molar-refractivity contribution in [1.82, 2.24) is 14.5 Å². The van der Waals surface area contributed by atoms with Crippen molar-refractivity contribution in [1.29, 1.82) is 0 Å². The smallest absolute Gasteiger partial charge is 0.160 e. The van der Waals surface area contributed by atoms with Crippen molar-refractivity contribution in [3.05, 3.63) is 152 Å². The maximum atomic E-state index is 5.17. The first-order chi connectivity index (χ1) is 22.3. The Morgan fingerprint density at radius 3 is 1.98 bits per heavy atom. The van der Waals surface area contributed by atoms with E-state index < -0.39 is 0 Å². The average Bonchev–Trinajstić information content (AvgIpc) is 3.62. The van der Waals surface area contributed by atoms with Gasteiger partial charge in [0, 0.05) is 38.4 Å². The lowest BCUT2D eigenvalue weighted by molar-refractivity contribution is 1.17. The maximum absolute atomic E-state index is 5.17. The van der Waals surface area contributed by atoms with Gasteiger partial charge in [0.25, 0.3) is 0 Å². The fourth-order valence-corrected chi connectivity index (χ4v) is 7.40. The van der Waals surface area contributed by atoms with Gasteiger partial charge in [0.1, 0.15) is 0 Å². The van der Waals surface area contributed by atoms with E-state index in [4.69, 9.17) is 9.97 Å². The highest BCUT2D eigenvalue weighted by Gasteiger charge is 2.25. The molecule has 0 saturated heterocycles. The number of fused-ring (bicyclic) bond motifs is 8. The molecule has 0 atom stereocenters. The fourth-order valence-electron chi connectivity index (χ4n) is 7.40. The summed E-state index contributed by atoms with van der Waals surface area (Å²) in [5, 5.41) is 6.17. The maximum Gasteiger partial charge on any atom is 0.160 e. The van der Waals surface area contributed by atoms with Crippen LogP contribution in [-0.2, 0) is 0 Å². The molecule has 2 heterocycles. The van der Waals surface area contributed by atoms with Crippen molar-refractivity contribution in [2.24, 2.45) is 0 Å². The van der Waals surface area contributed by atoms with Crippen molar-refractivity contribution < 1.29 is 0 Å². The number of para-hydroxylation sites is 2. The van der Waals surface area contributed by atoms with Crippen LogP contribution in [-0.4, -0.2) is 14.5 Å². The second kappa shape index (κ2) is 9.22. The van der Waals surface area contributed by atoms with Crippen LogP contribution in [0.3, 0.4) is 0 Å². The van der Waals surface area contributed by atoms with E-state index in [-0.39, 0.29) is 0 Å². The van der Waals surface area contributed by atoms with Crippen molar-refractivity contribution in [2.75, 3.05) is 0 Å². The first kappa shape index (κ1) is 24.4. The van der Waals surface area contributed by atoms with Crippen LogP contribution in [0.15, 0.2) is 152 Å². The lowest BCUT2D eigenvalue weighted by Crippen LogP contribution is -1.98. The molecule has 1 aliphatic carbocycles.